The van der Waals surface area contributed by atoms with Crippen LogP contribution in [0.25, 0.3) is 87.6 Å². The molecule has 0 saturated carbocycles. The number of rotatable bonds is 0. The summed E-state index contributed by atoms with van der Waals surface area (Å²) >= 11 is 0. The van der Waals surface area contributed by atoms with Crippen molar-refractivity contribution in [3.8, 4) is 44.5 Å². The molecule has 0 bridgehead atoms. The first-order chi connectivity index (χ1) is 27.3. The average molecular weight is 684 g/mol. The first-order valence-corrected chi connectivity index (χ1v) is 19.8. The lowest BCUT2D eigenvalue weighted by atomic mass is 9.22. The Labute approximate surface area is 317 Å². The molecule has 0 aromatic heterocycles. The van der Waals surface area contributed by atoms with Gasteiger partial charge in [-0.05, 0) is 110 Å². The van der Waals surface area contributed by atoms with Crippen LogP contribution in [0.15, 0.2) is 158 Å². The molecule has 0 atom stereocenters. The second-order valence-corrected chi connectivity index (χ2v) is 16.9. The molecule has 0 nitrogen and oxygen atoms in total. The minimum atomic E-state index is -0.513. The summed E-state index contributed by atoms with van der Waals surface area (Å²) in [4.78, 5) is 0. The van der Waals surface area contributed by atoms with Gasteiger partial charge in [-0.25, -0.2) is 0 Å². The molecule has 1 spiro atoms. The molecule has 16 rings (SSSR count). The third-order valence-electron chi connectivity index (χ3n) is 15.1. The number of benzene rings is 10. The van der Waals surface area contributed by atoms with E-state index < -0.39 is 5.41 Å². The van der Waals surface area contributed by atoms with Crippen molar-refractivity contribution >= 4 is 89.3 Å². The Morgan fingerprint density at radius 1 is 0.236 bits per heavy atom. The van der Waals surface area contributed by atoms with E-state index in [4.69, 9.17) is 0 Å². The minimum Gasteiger partial charge on any atom is -0.0611 e. The second kappa shape index (κ2) is 8.51. The maximum atomic E-state index is 2.56. The molecule has 0 fully saturated rings. The first kappa shape index (κ1) is 27.0. The zero-order valence-electron chi connectivity index (χ0n) is 29.7. The maximum Gasteiger partial charge on any atom is 0.245 e. The van der Waals surface area contributed by atoms with E-state index in [1.807, 2.05) is 0 Å². The highest BCUT2D eigenvalue weighted by atomic mass is 14.5. The molecule has 0 radical (unpaired) electrons. The fourth-order valence-electron chi connectivity index (χ4n) is 13.5. The van der Waals surface area contributed by atoms with Crippen molar-refractivity contribution in [1.82, 2.24) is 0 Å². The lowest BCUT2D eigenvalue weighted by Gasteiger charge is -2.53. The second-order valence-electron chi connectivity index (χ2n) is 16.9. The maximum absolute atomic E-state index is 2.56. The smallest absolute Gasteiger partial charge is 0.0611 e. The molecule has 244 valence electrons. The van der Waals surface area contributed by atoms with Crippen molar-refractivity contribution in [2.24, 2.45) is 0 Å². The highest BCUT2D eigenvalue weighted by molar-refractivity contribution is 7.04. The van der Waals surface area contributed by atoms with Gasteiger partial charge in [-0.15, -0.1) is 0 Å². The summed E-state index contributed by atoms with van der Waals surface area (Å²) < 4.78 is 0. The summed E-state index contributed by atoms with van der Waals surface area (Å²) in [5.41, 5.74) is 25.5. The number of fused-ring (bicyclic) bond motifs is 8. The van der Waals surface area contributed by atoms with Crippen molar-refractivity contribution in [3.63, 3.8) is 0 Å². The Morgan fingerprint density at radius 3 is 0.782 bits per heavy atom. The summed E-state index contributed by atoms with van der Waals surface area (Å²) in [6, 6.07) is 62.2. The minimum absolute atomic E-state index is 0.170. The van der Waals surface area contributed by atoms with E-state index in [2.05, 4.69) is 158 Å². The van der Waals surface area contributed by atoms with Gasteiger partial charge in [0.2, 0.25) is 13.4 Å². The molecule has 6 aliphatic heterocycles. The lowest BCUT2D eigenvalue weighted by Crippen LogP contribution is -2.70. The van der Waals surface area contributed by atoms with Crippen LogP contribution >= 0.6 is 0 Å². The molecule has 6 aliphatic rings. The molecule has 10 aromatic rings. The van der Waals surface area contributed by atoms with E-state index in [9.17, 15) is 0 Å². The summed E-state index contributed by atoms with van der Waals surface area (Å²) in [6.07, 6.45) is 0. The van der Waals surface area contributed by atoms with Gasteiger partial charge in [0.05, 0.1) is 5.41 Å². The van der Waals surface area contributed by atoms with Crippen LogP contribution in [-0.4, -0.2) is 13.4 Å². The van der Waals surface area contributed by atoms with Crippen LogP contribution in [0.4, 0.5) is 0 Å². The van der Waals surface area contributed by atoms with Crippen LogP contribution in [-0.2, 0) is 5.41 Å². The van der Waals surface area contributed by atoms with Crippen LogP contribution in [0.5, 0.6) is 0 Å². The quantitative estimate of drug-likeness (QED) is 0.141. The standard InChI is InChI=1S/C53H26B2/c1-7-27-19-23-39-49-43(27)31(11-1)35-15-5-16-36-32-12-2-8-28-20-24-40(50(44(28)32)54(49)47(35)36)53(39)41-25-21-29-9-3-13-33-37-17-6-18-38-34-14-4-10-30-22-26-42(53)52(46(30)34)55(48(37)38)51(41)45(29)33/h1-26H. The van der Waals surface area contributed by atoms with E-state index >= 15 is 0 Å². The molecule has 0 aliphatic carbocycles. The number of hydrogen-bond donors (Lipinski definition) is 0. The van der Waals surface area contributed by atoms with Crippen LogP contribution in [0, 0.1) is 0 Å². The van der Waals surface area contributed by atoms with Crippen molar-refractivity contribution in [2.75, 3.05) is 0 Å². The van der Waals surface area contributed by atoms with Gasteiger partial charge in [0.15, 0.2) is 0 Å². The third-order valence-corrected chi connectivity index (χ3v) is 15.1. The van der Waals surface area contributed by atoms with Crippen molar-refractivity contribution in [2.45, 2.75) is 5.41 Å². The molecular formula is C53H26B2. The van der Waals surface area contributed by atoms with E-state index in [1.165, 1.54) is 143 Å². The Bertz CT molecular complexity index is 3150. The van der Waals surface area contributed by atoms with Gasteiger partial charge in [-0.3, -0.25) is 0 Å². The summed E-state index contributed by atoms with van der Waals surface area (Å²) in [5.74, 6) is 0. The Balaban J connectivity index is 1.23. The predicted molar refractivity (Wildman–Crippen MR) is 233 cm³/mol. The van der Waals surface area contributed by atoms with Crippen LogP contribution < -0.4 is 32.8 Å². The Morgan fingerprint density at radius 2 is 0.491 bits per heavy atom. The van der Waals surface area contributed by atoms with Crippen molar-refractivity contribution in [1.29, 1.82) is 0 Å². The molecule has 6 heterocycles. The van der Waals surface area contributed by atoms with E-state index in [0.717, 1.165) is 0 Å². The molecule has 0 saturated heterocycles. The fourth-order valence-corrected chi connectivity index (χ4v) is 13.5. The SMILES string of the molecule is c1cc2c3c(c1)-c1cccc4ccc5c(c14)B3c1c(ccc3cccc-2c13)C51c2ccc3cccc4c3c2B2c3c-4cccc3-c3cccc4ccc1c2c34. The van der Waals surface area contributed by atoms with Gasteiger partial charge in [0.25, 0.3) is 0 Å². The summed E-state index contributed by atoms with van der Waals surface area (Å²) in [7, 11) is 0. The molecule has 2 heteroatoms. The lowest BCUT2D eigenvalue weighted by molar-refractivity contribution is 0.761. The zero-order chi connectivity index (χ0) is 35.1. The number of hydrogen-bond acceptors (Lipinski definition) is 0. The average Bonchev–Trinajstić information content (AvgIpc) is 3.24. The predicted octanol–water partition coefficient (Wildman–Crippen LogP) is 8.26. The monoisotopic (exact) mass is 684 g/mol. The van der Waals surface area contributed by atoms with Gasteiger partial charge < -0.3 is 0 Å². The van der Waals surface area contributed by atoms with Gasteiger partial charge in [0.1, 0.15) is 0 Å². The van der Waals surface area contributed by atoms with Gasteiger partial charge in [-0.1, -0.05) is 191 Å². The van der Waals surface area contributed by atoms with Gasteiger partial charge in [-0.2, -0.15) is 0 Å². The van der Waals surface area contributed by atoms with Crippen molar-refractivity contribution in [3.05, 3.63) is 180 Å². The first-order valence-electron chi connectivity index (χ1n) is 19.8. The largest absolute Gasteiger partial charge is 0.245 e. The molecule has 0 amide bonds. The van der Waals surface area contributed by atoms with E-state index in [-0.39, 0.29) is 13.4 Å². The highest BCUT2D eigenvalue weighted by Crippen LogP contribution is 2.54. The van der Waals surface area contributed by atoms with Crippen LogP contribution in [0.2, 0.25) is 0 Å². The van der Waals surface area contributed by atoms with Gasteiger partial charge in [0, 0.05) is 0 Å². The molecular weight excluding hydrogens is 658 g/mol. The van der Waals surface area contributed by atoms with Crippen molar-refractivity contribution < 1.29 is 0 Å². The normalized spacial score (nSPS) is 15.3. The van der Waals surface area contributed by atoms with Crippen LogP contribution in [0.3, 0.4) is 0 Å². The van der Waals surface area contributed by atoms with E-state index in [1.54, 1.807) is 0 Å². The Hall–Kier alpha value is -6.63. The van der Waals surface area contributed by atoms with E-state index in [0.29, 0.717) is 0 Å². The van der Waals surface area contributed by atoms with Crippen LogP contribution in [0.1, 0.15) is 22.3 Å². The molecule has 55 heavy (non-hydrogen) atoms. The summed E-state index contributed by atoms with van der Waals surface area (Å²) in [6.45, 7) is 0.340. The topological polar surface area (TPSA) is 0 Å². The summed E-state index contributed by atoms with van der Waals surface area (Å²) in [5, 5.41) is 11.1. The van der Waals surface area contributed by atoms with Gasteiger partial charge >= 0.3 is 0 Å². The third kappa shape index (κ3) is 2.61. The molecule has 10 aromatic carbocycles. The zero-order valence-corrected chi connectivity index (χ0v) is 29.7. The highest BCUT2D eigenvalue weighted by Gasteiger charge is 2.58. The fraction of sp³-hybridized carbons (Fsp3) is 0.0189. The molecule has 0 N–H and O–H groups in total. The molecule has 0 unspecified atom stereocenters. The Kier molecular flexibility index (Phi) is 4.18.